The summed E-state index contributed by atoms with van der Waals surface area (Å²) in [5.74, 6) is 0.815. The van der Waals surface area contributed by atoms with E-state index in [1.165, 1.54) is 0 Å². The van der Waals surface area contributed by atoms with E-state index < -0.39 is 5.60 Å². The largest absolute Gasteiger partial charge is 0.387 e. The molecule has 2 aliphatic rings. The third-order valence-electron chi connectivity index (χ3n) is 4.81. The molecule has 22 heavy (non-hydrogen) atoms. The van der Waals surface area contributed by atoms with Crippen LogP contribution in [0.1, 0.15) is 19.8 Å². The molecule has 0 aromatic carbocycles. The van der Waals surface area contributed by atoms with Crippen molar-refractivity contribution in [2.75, 3.05) is 57.3 Å². The summed E-state index contributed by atoms with van der Waals surface area (Å²) >= 11 is 0. The van der Waals surface area contributed by atoms with Gasteiger partial charge in [0.1, 0.15) is 0 Å². The molecule has 0 unspecified atom stereocenters. The number of hydrogen-bond donors (Lipinski definition) is 1. The molecular weight excluding hydrogens is 278 g/mol. The molecule has 1 N–H and O–H groups in total. The quantitative estimate of drug-likeness (QED) is 0.871. The zero-order valence-electron chi connectivity index (χ0n) is 13.5. The Balaban J connectivity index is 1.51. The van der Waals surface area contributed by atoms with Gasteiger partial charge in [-0.25, -0.2) is 9.97 Å². The third-order valence-corrected chi connectivity index (χ3v) is 4.81. The van der Waals surface area contributed by atoms with Crippen molar-refractivity contribution in [2.45, 2.75) is 25.4 Å². The maximum absolute atomic E-state index is 10.9. The second kappa shape index (κ2) is 6.89. The molecular formula is C16H27N5O. The minimum absolute atomic E-state index is 0.542. The molecule has 0 bridgehead atoms. The molecule has 2 fully saturated rings. The Hall–Kier alpha value is -1.24. The van der Waals surface area contributed by atoms with Crippen molar-refractivity contribution in [3.63, 3.8) is 0 Å². The van der Waals surface area contributed by atoms with Crippen LogP contribution in [0.2, 0.25) is 0 Å². The molecule has 1 aromatic heterocycles. The summed E-state index contributed by atoms with van der Waals surface area (Å²) in [4.78, 5) is 15.6. The topological polar surface area (TPSA) is 55.7 Å². The molecule has 0 radical (unpaired) electrons. The van der Waals surface area contributed by atoms with Crippen molar-refractivity contribution in [3.05, 3.63) is 18.5 Å². The average molecular weight is 305 g/mol. The predicted octanol–water partition coefficient (Wildman–Crippen LogP) is 0.445. The Morgan fingerprint density at radius 2 is 1.82 bits per heavy atom. The first-order valence-electron chi connectivity index (χ1n) is 8.38. The average Bonchev–Trinajstić information content (AvgIpc) is 2.56. The molecule has 3 rings (SSSR count). The SMILES string of the molecule is CCN1CCC[C@@](O)(CN2CCN(c3ncccn3)CC2)C1. The molecule has 0 aliphatic carbocycles. The highest BCUT2D eigenvalue weighted by molar-refractivity contribution is 5.29. The van der Waals surface area contributed by atoms with Gasteiger partial charge in [0, 0.05) is 51.7 Å². The molecule has 0 saturated carbocycles. The van der Waals surface area contributed by atoms with Crippen molar-refractivity contribution < 1.29 is 5.11 Å². The number of piperazine rings is 1. The monoisotopic (exact) mass is 305 g/mol. The standard InChI is InChI=1S/C16H27N5O/c1-2-19-8-3-5-16(22,13-19)14-20-9-11-21(12-10-20)15-17-6-4-7-18-15/h4,6-7,22H,2-3,5,8-14H2,1H3/t16-/m0/s1. The number of piperidine rings is 1. The van der Waals surface area contributed by atoms with Crippen LogP contribution in [0.5, 0.6) is 0 Å². The fourth-order valence-electron chi connectivity index (χ4n) is 3.58. The highest BCUT2D eigenvalue weighted by Crippen LogP contribution is 2.23. The van der Waals surface area contributed by atoms with Crippen molar-refractivity contribution >= 4 is 5.95 Å². The number of β-amino-alcohol motifs (C(OH)–C–C–N with tert-alkyl or cyclic N) is 1. The van der Waals surface area contributed by atoms with Gasteiger partial charge < -0.3 is 14.9 Å². The predicted molar refractivity (Wildman–Crippen MR) is 87.0 cm³/mol. The Labute approximate surface area is 132 Å². The Bertz CT molecular complexity index is 463. The number of hydrogen-bond acceptors (Lipinski definition) is 6. The molecule has 2 saturated heterocycles. The summed E-state index contributed by atoms with van der Waals surface area (Å²) in [6, 6.07) is 1.85. The summed E-state index contributed by atoms with van der Waals surface area (Å²) in [7, 11) is 0. The van der Waals surface area contributed by atoms with Gasteiger partial charge in [-0.1, -0.05) is 6.92 Å². The van der Waals surface area contributed by atoms with Crippen LogP contribution in [0.4, 0.5) is 5.95 Å². The van der Waals surface area contributed by atoms with E-state index in [0.29, 0.717) is 0 Å². The van der Waals surface area contributed by atoms with Gasteiger partial charge in [0.2, 0.25) is 5.95 Å². The lowest BCUT2D eigenvalue weighted by molar-refractivity contribution is -0.0528. The van der Waals surface area contributed by atoms with Crippen LogP contribution in [-0.2, 0) is 0 Å². The number of likely N-dealkylation sites (N-methyl/N-ethyl adjacent to an activating group) is 1. The summed E-state index contributed by atoms with van der Waals surface area (Å²) < 4.78 is 0. The number of likely N-dealkylation sites (tertiary alicyclic amines) is 1. The highest BCUT2D eigenvalue weighted by Gasteiger charge is 2.35. The highest BCUT2D eigenvalue weighted by atomic mass is 16.3. The maximum Gasteiger partial charge on any atom is 0.225 e. The molecule has 6 nitrogen and oxygen atoms in total. The molecule has 3 heterocycles. The summed E-state index contributed by atoms with van der Waals surface area (Å²) in [5.41, 5.74) is -0.542. The maximum atomic E-state index is 10.9. The zero-order valence-corrected chi connectivity index (χ0v) is 13.5. The fourth-order valence-corrected chi connectivity index (χ4v) is 3.58. The fraction of sp³-hybridized carbons (Fsp3) is 0.750. The Morgan fingerprint density at radius 3 is 2.50 bits per heavy atom. The summed E-state index contributed by atoms with van der Waals surface area (Å²) in [6.45, 7) is 9.71. The smallest absolute Gasteiger partial charge is 0.225 e. The summed E-state index contributed by atoms with van der Waals surface area (Å²) in [5, 5.41) is 10.9. The molecule has 6 heteroatoms. The van der Waals surface area contributed by atoms with Gasteiger partial charge in [-0.05, 0) is 32.0 Å². The molecule has 1 aromatic rings. The van der Waals surface area contributed by atoms with Crippen LogP contribution >= 0.6 is 0 Å². The van der Waals surface area contributed by atoms with Crippen LogP contribution in [0.25, 0.3) is 0 Å². The molecule has 0 amide bonds. The van der Waals surface area contributed by atoms with Gasteiger partial charge >= 0.3 is 0 Å². The van der Waals surface area contributed by atoms with E-state index in [1.807, 2.05) is 6.07 Å². The number of rotatable bonds is 4. The minimum atomic E-state index is -0.542. The van der Waals surface area contributed by atoms with E-state index >= 15 is 0 Å². The van der Waals surface area contributed by atoms with Crippen LogP contribution in [-0.4, -0.2) is 82.8 Å². The third kappa shape index (κ3) is 3.74. The van der Waals surface area contributed by atoms with E-state index in [2.05, 4.69) is 31.6 Å². The second-order valence-electron chi connectivity index (χ2n) is 6.51. The molecule has 122 valence electrons. The normalized spacial score (nSPS) is 28.0. The molecule has 2 aliphatic heterocycles. The van der Waals surface area contributed by atoms with Gasteiger partial charge in [0.15, 0.2) is 0 Å². The van der Waals surface area contributed by atoms with E-state index in [4.69, 9.17) is 0 Å². The Kier molecular flexibility index (Phi) is 4.90. The van der Waals surface area contributed by atoms with Crippen molar-refractivity contribution in [2.24, 2.45) is 0 Å². The first-order valence-corrected chi connectivity index (χ1v) is 8.38. The van der Waals surface area contributed by atoms with E-state index in [0.717, 1.165) is 71.1 Å². The minimum Gasteiger partial charge on any atom is -0.387 e. The van der Waals surface area contributed by atoms with Crippen molar-refractivity contribution in [1.82, 2.24) is 19.8 Å². The number of aliphatic hydroxyl groups is 1. The first kappa shape index (κ1) is 15.6. The second-order valence-corrected chi connectivity index (χ2v) is 6.51. The van der Waals surface area contributed by atoms with Crippen LogP contribution in [0, 0.1) is 0 Å². The van der Waals surface area contributed by atoms with Crippen molar-refractivity contribution in [3.8, 4) is 0 Å². The van der Waals surface area contributed by atoms with Gasteiger partial charge in [0.25, 0.3) is 0 Å². The number of aromatic nitrogens is 2. The van der Waals surface area contributed by atoms with E-state index in [9.17, 15) is 5.11 Å². The summed E-state index contributed by atoms with van der Waals surface area (Å²) in [6.07, 6.45) is 5.60. The lowest BCUT2D eigenvalue weighted by atomic mass is 9.92. The van der Waals surface area contributed by atoms with Crippen molar-refractivity contribution in [1.29, 1.82) is 0 Å². The lowest BCUT2D eigenvalue weighted by Crippen LogP contribution is -2.57. The van der Waals surface area contributed by atoms with E-state index in [1.54, 1.807) is 12.4 Å². The van der Waals surface area contributed by atoms with Crippen LogP contribution in [0.3, 0.4) is 0 Å². The first-order chi connectivity index (χ1) is 10.7. The van der Waals surface area contributed by atoms with Crippen LogP contribution in [0.15, 0.2) is 18.5 Å². The number of nitrogens with zero attached hydrogens (tertiary/aromatic N) is 5. The van der Waals surface area contributed by atoms with Gasteiger partial charge in [-0.15, -0.1) is 0 Å². The lowest BCUT2D eigenvalue weighted by Gasteiger charge is -2.43. The van der Waals surface area contributed by atoms with Gasteiger partial charge in [-0.2, -0.15) is 0 Å². The van der Waals surface area contributed by atoms with Gasteiger partial charge in [-0.3, -0.25) is 4.90 Å². The zero-order chi connectivity index (χ0) is 15.4. The number of anilines is 1. The van der Waals surface area contributed by atoms with Gasteiger partial charge in [0.05, 0.1) is 5.60 Å². The van der Waals surface area contributed by atoms with E-state index in [-0.39, 0.29) is 0 Å². The molecule has 1 atom stereocenters. The van der Waals surface area contributed by atoms with Crippen LogP contribution < -0.4 is 4.90 Å². The molecule has 0 spiro atoms. The Morgan fingerprint density at radius 1 is 1.09 bits per heavy atom.